The number of methoxy groups -OCH3 is 1. The third kappa shape index (κ3) is 8.04. The summed E-state index contributed by atoms with van der Waals surface area (Å²) in [5.41, 5.74) is 0. The van der Waals surface area contributed by atoms with Gasteiger partial charge in [-0.25, -0.2) is 8.42 Å². The van der Waals surface area contributed by atoms with E-state index in [0.29, 0.717) is 26.2 Å². The quantitative estimate of drug-likeness (QED) is 0.412. The first-order valence-corrected chi connectivity index (χ1v) is 7.32. The minimum atomic E-state index is -2.72. The van der Waals surface area contributed by atoms with Crippen molar-refractivity contribution in [1.29, 1.82) is 0 Å². The van der Waals surface area contributed by atoms with Crippen LogP contribution in [0.15, 0.2) is 12.4 Å². The SMILES string of the molecule is COCCOCCN1C=CN(CCCO[SH](=O)=O)C1. The van der Waals surface area contributed by atoms with E-state index in [1.807, 2.05) is 12.4 Å². The number of hydrogen-bond acceptors (Lipinski definition) is 7. The Bertz CT molecular complexity index is 327. The van der Waals surface area contributed by atoms with Crippen LogP contribution in [-0.4, -0.2) is 71.5 Å². The fourth-order valence-corrected chi connectivity index (χ4v) is 1.92. The standard InChI is InChI=1S/C11H22N2O5S/c1-16-9-10-17-8-6-13-5-4-12(11-13)3-2-7-18-19(14)15/h4-5,19H,2-3,6-11H2,1H3. The van der Waals surface area contributed by atoms with E-state index in [-0.39, 0.29) is 6.61 Å². The van der Waals surface area contributed by atoms with E-state index in [9.17, 15) is 8.42 Å². The van der Waals surface area contributed by atoms with Crippen LogP contribution in [0.1, 0.15) is 6.42 Å². The molecule has 19 heavy (non-hydrogen) atoms. The molecule has 0 saturated heterocycles. The predicted octanol–water partition coefficient (Wildman–Crippen LogP) is -0.371. The molecule has 1 aliphatic rings. The highest BCUT2D eigenvalue weighted by atomic mass is 32.2. The maximum Gasteiger partial charge on any atom is 0.257 e. The van der Waals surface area contributed by atoms with E-state index in [0.717, 1.165) is 19.8 Å². The zero-order chi connectivity index (χ0) is 13.9. The van der Waals surface area contributed by atoms with E-state index in [4.69, 9.17) is 9.47 Å². The summed E-state index contributed by atoms with van der Waals surface area (Å²) < 4.78 is 35.2. The summed E-state index contributed by atoms with van der Waals surface area (Å²) in [5, 5.41) is 0. The van der Waals surface area contributed by atoms with Gasteiger partial charge in [0, 0.05) is 32.6 Å². The lowest BCUT2D eigenvalue weighted by molar-refractivity contribution is 0.0607. The molecule has 0 aromatic heterocycles. The Labute approximate surface area is 115 Å². The van der Waals surface area contributed by atoms with Crippen LogP contribution in [-0.2, 0) is 24.6 Å². The molecule has 0 radical (unpaired) electrons. The molecule has 7 nitrogen and oxygen atoms in total. The van der Waals surface area contributed by atoms with E-state index in [2.05, 4.69) is 14.0 Å². The molecule has 0 aromatic carbocycles. The minimum absolute atomic E-state index is 0.239. The van der Waals surface area contributed by atoms with Crippen molar-refractivity contribution in [3.05, 3.63) is 12.4 Å². The van der Waals surface area contributed by atoms with Gasteiger partial charge in [-0.05, 0) is 6.42 Å². The van der Waals surface area contributed by atoms with E-state index < -0.39 is 11.0 Å². The lowest BCUT2D eigenvalue weighted by Gasteiger charge is -2.21. The molecule has 0 atom stereocenters. The van der Waals surface area contributed by atoms with Crippen LogP contribution in [0.5, 0.6) is 0 Å². The Morgan fingerprint density at radius 3 is 2.47 bits per heavy atom. The summed E-state index contributed by atoms with van der Waals surface area (Å²) in [4.78, 5) is 4.25. The smallest absolute Gasteiger partial charge is 0.257 e. The number of hydrogen-bond donors (Lipinski definition) is 1. The Kier molecular flexibility index (Phi) is 8.55. The summed E-state index contributed by atoms with van der Waals surface area (Å²) in [5.74, 6) is 0. The van der Waals surface area contributed by atoms with Crippen LogP contribution in [0.2, 0.25) is 0 Å². The maximum absolute atomic E-state index is 10.2. The summed E-state index contributed by atoms with van der Waals surface area (Å²) in [6.07, 6.45) is 4.69. The van der Waals surface area contributed by atoms with Crippen LogP contribution in [0.25, 0.3) is 0 Å². The Balaban J connectivity index is 1.99. The number of rotatable bonds is 11. The largest absolute Gasteiger partial charge is 0.382 e. The molecule has 0 aliphatic carbocycles. The van der Waals surface area contributed by atoms with E-state index >= 15 is 0 Å². The highest BCUT2D eigenvalue weighted by Crippen LogP contribution is 2.06. The molecule has 0 aromatic rings. The molecule has 0 saturated carbocycles. The Hall–Kier alpha value is -0.830. The van der Waals surface area contributed by atoms with Gasteiger partial charge >= 0.3 is 0 Å². The van der Waals surface area contributed by atoms with Gasteiger partial charge in [-0.2, -0.15) is 0 Å². The Morgan fingerprint density at radius 2 is 1.79 bits per heavy atom. The second-order valence-electron chi connectivity index (χ2n) is 4.08. The molecule has 0 unspecified atom stereocenters. The molecule has 1 heterocycles. The van der Waals surface area contributed by atoms with Crippen LogP contribution in [0.3, 0.4) is 0 Å². The normalized spacial score (nSPS) is 14.8. The molecule has 0 spiro atoms. The first kappa shape index (κ1) is 16.2. The van der Waals surface area contributed by atoms with Gasteiger partial charge in [0.1, 0.15) is 0 Å². The fraction of sp³-hybridized carbons (Fsp3) is 0.818. The lowest BCUT2D eigenvalue weighted by atomic mass is 10.4. The molecule has 0 amide bonds. The molecule has 1 aliphatic heterocycles. The second-order valence-corrected chi connectivity index (χ2v) is 4.79. The van der Waals surface area contributed by atoms with Gasteiger partial charge in [0.05, 0.1) is 33.1 Å². The number of nitrogens with zero attached hydrogens (tertiary/aromatic N) is 2. The highest BCUT2D eigenvalue weighted by Gasteiger charge is 2.11. The van der Waals surface area contributed by atoms with Crippen LogP contribution >= 0.6 is 0 Å². The highest BCUT2D eigenvalue weighted by molar-refractivity contribution is 7.67. The van der Waals surface area contributed by atoms with Crippen molar-refractivity contribution in [2.45, 2.75) is 6.42 Å². The molecular formula is C11H22N2O5S. The maximum atomic E-state index is 10.2. The van der Waals surface area contributed by atoms with Gasteiger partial charge in [-0.1, -0.05) is 0 Å². The van der Waals surface area contributed by atoms with Crippen molar-refractivity contribution in [2.24, 2.45) is 0 Å². The van der Waals surface area contributed by atoms with Gasteiger partial charge in [-0.15, -0.1) is 0 Å². The summed E-state index contributed by atoms with van der Waals surface area (Å²) >= 11 is 0. The predicted molar refractivity (Wildman–Crippen MR) is 71.0 cm³/mol. The topological polar surface area (TPSA) is 68.3 Å². The van der Waals surface area contributed by atoms with Crippen LogP contribution in [0, 0.1) is 0 Å². The van der Waals surface area contributed by atoms with Crippen molar-refractivity contribution in [1.82, 2.24) is 9.80 Å². The van der Waals surface area contributed by atoms with Crippen molar-refractivity contribution in [2.75, 3.05) is 53.3 Å². The number of thiol groups is 1. The average Bonchev–Trinajstić information content (AvgIpc) is 2.82. The first-order chi connectivity index (χ1) is 9.22. The summed E-state index contributed by atoms with van der Waals surface area (Å²) in [7, 11) is -1.07. The molecule has 0 N–H and O–H groups in total. The van der Waals surface area contributed by atoms with Gasteiger partial charge in [0.2, 0.25) is 0 Å². The van der Waals surface area contributed by atoms with Crippen molar-refractivity contribution in [3.8, 4) is 0 Å². The molecule has 1 rings (SSSR count). The molecule has 0 bridgehead atoms. The fourth-order valence-electron chi connectivity index (χ4n) is 1.64. The van der Waals surface area contributed by atoms with Gasteiger partial charge in [-0.3, -0.25) is 4.18 Å². The van der Waals surface area contributed by atoms with Gasteiger partial charge < -0.3 is 19.3 Å². The van der Waals surface area contributed by atoms with Gasteiger partial charge in [0.15, 0.2) is 0 Å². The lowest BCUT2D eigenvalue weighted by Crippen LogP contribution is -2.29. The first-order valence-electron chi connectivity index (χ1n) is 6.23. The zero-order valence-electron chi connectivity index (χ0n) is 11.2. The molecule has 8 heteroatoms. The van der Waals surface area contributed by atoms with E-state index in [1.54, 1.807) is 7.11 Å². The van der Waals surface area contributed by atoms with Crippen molar-refractivity contribution < 1.29 is 22.1 Å². The average molecular weight is 294 g/mol. The van der Waals surface area contributed by atoms with E-state index in [1.165, 1.54) is 0 Å². The molecule has 112 valence electrons. The zero-order valence-corrected chi connectivity index (χ0v) is 12.1. The summed E-state index contributed by atoms with van der Waals surface area (Å²) in [6.45, 7) is 4.55. The third-order valence-electron chi connectivity index (χ3n) is 2.59. The number of ether oxygens (including phenoxy) is 2. The second kappa shape index (κ2) is 10.0. The molecular weight excluding hydrogens is 272 g/mol. The monoisotopic (exact) mass is 294 g/mol. The third-order valence-corrected chi connectivity index (χ3v) is 2.99. The van der Waals surface area contributed by atoms with Crippen LogP contribution in [0.4, 0.5) is 0 Å². The summed E-state index contributed by atoms with van der Waals surface area (Å²) in [6, 6.07) is 0. The van der Waals surface area contributed by atoms with Crippen molar-refractivity contribution in [3.63, 3.8) is 0 Å². The van der Waals surface area contributed by atoms with Gasteiger partial charge in [0.25, 0.3) is 11.0 Å². The van der Waals surface area contributed by atoms with Crippen LogP contribution < -0.4 is 0 Å². The molecule has 0 fully saturated rings. The minimum Gasteiger partial charge on any atom is -0.382 e. The van der Waals surface area contributed by atoms with Crippen molar-refractivity contribution >= 4 is 11.0 Å². The Morgan fingerprint density at radius 1 is 1.05 bits per heavy atom.